The van der Waals surface area contributed by atoms with E-state index in [4.69, 9.17) is 22.4 Å². The number of halogens is 2. The van der Waals surface area contributed by atoms with E-state index in [1.54, 1.807) is 35.2 Å². The number of nitrogens with zero attached hydrogens (tertiary/aromatic N) is 3. The first-order valence-electron chi connectivity index (χ1n) is 10.7. The smallest absolute Gasteiger partial charge is 0.303 e. The number of amides is 1. The minimum Gasteiger partial charge on any atom is -0.481 e. The molecule has 1 saturated heterocycles. The van der Waals surface area contributed by atoms with Crippen LogP contribution >= 0.6 is 11.6 Å². The second kappa shape index (κ2) is 9.72. The van der Waals surface area contributed by atoms with E-state index in [2.05, 4.69) is 9.88 Å². The Morgan fingerprint density at radius 1 is 1.09 bits per heavy atom. The molecule has 4 rings (SSSR count). The summed E-state index contributed by atoms with van der Waals surface area (Å²) in [5.74, 6) is -1.38. The van der Waals surface area contributed by atoms with Gasteiger partial charge in [-0.15, -0.1) is 0 Å². The van der Waals surface area contributed by atoms with Crippen molar-refractivity contribution in [3.05, 3.63) is 58.9 Å². The van der Waals surface area contributed by atoms with Crippen LogP contribution in [0.4, 0.5) is 10.1 Å². The summed E-state index contributed by atoms with van der Waals surface area (Å²) >= 11 is 6.46. The Balaban J connectivity index is 1.51. The second-order valence-electron chi connectivity index (χ2n) is 8.09. The molecule has 172 valence electrons. The number of carboxylic acid groups (broad SMARTS) is 1. The molecular formula is C24H24ClFN4O3. The lowest BCUT2D eigenvalue weighted by molar-refractivity contribution is -0.137. The SMILES string of the molecule is Nc1cc(-c2cc(Cl)c3ccc(C(=O)N4CCN(CCCC(=O)O)CC4)cc3n2)ccc1F. The van der Waals surface area contributed by atoms with E-state index in [1.807, 2.05) is 0 Å². The number of carboxylic acids is 1. The average molecular weight is 471 g/mol. The van der Waals surface area contributed by atoms with Gasteiger partial charge in [0.05, 0.1) is 21.9 Å². The quantitative estimate of drug-likeness (QED) is 0.530. The predicted molar refractivity (Wildman–Crippen MR) is 126 cm³/mol. The van der Waals surface area contributed by atoms with Crippen molar-refractivity contribution in [1.29, 1.82) is 0 Å². The van der Waals surface area contributed by atoms with E-state index in [1.165, 1.54) is 12.1 Å². The lowest BCUT2D eigenvalue weighted by atomic mass is 10.1. The van der Waals surface area contributed by atoms with Crippen molar-refractivity contribution in [1.82, 2.24) is 14.8 Å². The molecular weight excluding hydrogens is 447 g/mol. The molecule has 1 aliphatic rings. The van der Waals surface area contributed by atoms with Crippen molar-refractivity contribution < 1.29 is 19.1 Å². The van der Waals surface area contributed by atoms with E-state index in [9.17, 15) is 14.0 Å². The highest BCUT2D eigenvalue weighted by Crippen LogP contribution is 2.30. The number of nitrogens with two attached hydrogens (primary N) is 1. The fourth-order valence-corrected chi connectivity index (χ4v) is 4.24. The number of hydrogen-bond donors (Lipinski definition) is 2. The Bertz CT molecular complexity index is 1210. The van der Waals surface area contributed by atoms with E-state index in [0.717, 1.165) is 5.39 Å². The minimum atomic E-state index is -0.792. The van der Waals surface area contributed by atoms with Crippen LogP contribution in [0.2, 0.25) is 5.02 Å². The second-order valence-corrected chi connectivity index (χ2v) is 8.50. The molecule has 2 aromatic carbocycles. The molecule has 1 fully saturated rings. The Kier molecular flexibility index (Phi) is 6.76. The highest BCUT2D eigenvalue weighted by molar-refractivity contribution is 6.35. The molecule has 1 amide bonds. The molecule has 0 saturated carbocycles. The summed E-state index contributed by atoms with van der Waals surface area (Å²) in [6, 6.07) is 11.3. The zero-order valence-electron chi connectivity index (χ0n) is 17.9. The molecule has 0 atom stereocenters. The summed E-state index contributed by atoms with van der Waals surface area (Å²) < 4.78 is 13.5. The average Bonchev–Trinajstić information content (AvgIpc) is 2.80. The van der Waals surface area contributed by atoms with Crippen molar-refractivity contribution in [2.75, 3.05) is 38.5 Å². The van der Waals surface area contributed by atoms with Crippen molar-refractivity contribution in [3.8, 4) is 11.3 Å². The number of benzene rings is 2. The summed E-state index contributed by atoms with van der Waals surface area (Å²) in [5.41, 5.74) is 7.97. The van der Waals surface area contributed by atoms with Gasteiger partial charge < -0.3 is 15.7 Å². The van der Waals surface area contributed by atoms with Crippen LogP contribution in [0.1, 0.15) is 23.2 Å². The first kappa shape index (κ1) is 22.9. The molecule has 2 heterocycles. The lowest BCUT2D eigenvalue weighted by Crippen LogP contribution is -2.48. The fourth-order valence-electron chi connectivity index (χ4n) is 3.98. The molecule has 3 N–H and O–H groups in total. The number of piperazine rings is 1. The van der Waals surface area contributed by atoms with Gasteiger partial charge in [0.15, 0.2) is 0 Å². The third-order valence-electron chi connectivity index (χ3n) is 5.82. The molecule has 0 aliphatic carbocycles. The molecule has 9 heteroatoms. The first-order valence-corrected chi connectivity index (χ1v) is 11.1. The maximum absolute atomic E-state index is 13.5. The van der Waals surface area contributed by atoms with Gasteiger partial charge in [0.25, 0.3) is 5.91 Å². The van der Waals surface area contributed by atoms with Crippen LogP contribution in [0.25, 0.3) is 22.2 Å². The number of nitrogen functional groups attached to an aromatic ring is 1. The Morgan fingerprint density at radius 3 is 2.55 bits per heavy atom. The van der Waals surface area contributed by atoms with Gasteiger partial charge in [0, 0.05) is 49.1 Å². The van der Waals surface area contributed by atoms with Gasteiger partial charge in [-0.1, -0.05) is 17.7 Å². The maximum Gasteiger partial charge on any atom is 0.303 e. The van der Waals surface area contributed by atoms with E-state index in [0.29, 0.717) is 66.5 Å². The zero-order valence-corrected chi connectivity index (χ0v) is 18.7. The number of anilines is 1. The number of hydrogen-bond acceptors (Lipinski definition) is 5. The summed E-state index contributed by atoms with van der Waals surface area (Å²) in [6.07, 6.45) is 0.751. The minimum absolute atomic E-state index is 0.0246. The number of pyridine rings is 1. The normalized spacial score (nSPS) is 14.5. The van der Waals surface area contributed by atoms with Gasteiger partial charge in [-0.25, -0.2) is 9.37 Å². The highest BCUT2D eigenvalue weighted by atomic mass is 35.5. The molecule has 3 aromatic rings. The van der Waals surface area contributed by atoms with E-state index >= 15 is 0 Å². The molecule has 1 aliphatic heterocycles. The number of carbonyl (C=O) groups excluding carboxylic acids is 1. The highest BCUT2D eigenvalue weighted by Gasteiger charge is 2.22. The number of carbonyl (C=O) groups is 2. The van der Waals surface area contributed by atoms with Crippen LogP contribution < -0.4 is 5.73 Å². The molecule has 0 unspecified atom stereocenters. The third-order valence-corrected chi connectivity index (χ3v) is 6.14. The Labute approximate surface area is 195 Å². The van der Waals surface area contributed by atoms with Crippen LogP contribution in [-0.2, 0) is 4.79 Å². The van der Waals surface area contributed by atoms with E-state index in [-0.39, 0.29) is 18.0 Å². The number of fused-ring (bicyclic) bond motifs is 1. The topological polar surface area (TPSA) is 99.8 Å². The van der Waals surface area contributed by atoms with Crippen molar-refractivity contribution in [3.63, 3.8) is 0 Å². The monoisotopic (exact) mass is 470 g/mol. The largest absolute Gasteiger partial charge is 0.481 e. The number of aliphatic carboxylic acids is 1. The van der Waals surface area contributed by atoms with Crippen LogP contribution in [0.3, 0.4) is 0 Å². The molecule has 0 bridgehead atoms. The Morgan fingerprint density at radius 2 is 1.85 bits per heavy atom. The molecule has 7 nitrogen and oxygen atoms in total. The van der Waals surface area contributed by atoms with Crippen molar-refractivity contribution in [2.24, 2.45) is 0 Å². The maximum atomic E-state index is 13.5. The molecule has 1 aromatic heterocycles. The van der Waals surface area contributed by atoms with Crippen LogP contribution in [0.15, 0.2) is 42.5 Å². The van der Waals surface area contributed by atoms with Crippen LogP contribution in [0.5, 0.6) is 0 Å². The fraction of sp³-hybridized carbons (Fsp3) is 0.292. The third kappa shape index (κ3) is 5.23. The summed E-state index contributed by atoms with van der Waals surface area (Å²) in [7, 11) is 0. The van der Waals surface area contributed by atoms with Gasteiger partial charge >= 0.3 is 5.97 Å². The predicted octanol–water partition coefficient (Wildman–Crippen LogP) is 3.90. The van der Waals surface area contributed by atoms with Gasteiger partial charge in [-0.05, 0) is 49.4 Å². The van der Waals surface area contributed by atoms with Gasteiger partial charge in [0.2, 0.25) is 0 Å². The summed E-state index contributed by atoms with van der Waals surface area (Å²) in [5, 5.41) is 9.97. The van der Waals surface area contributed by atoms with Gasteiger partial charge in [-0.2, -0.15) is 0 Å². The molecule has 0 radical (unpaired) electrons. The zero-order chi connectivity index (χ0) is 23.5. The van der Waals surface area contributed by atoms with Crippen molar-refractivity contribution in [2.45, 2.75) is 12.8 Å². The number of rotatable bonds is 6. The molecule has 0 spiro atoms. The van der Waals surface area contributed by atoms with Crippen LogP contribution in [-0.4, -0.2) is 64.5 Å². The summed E-state index contributed by atoms with van der Waals surface area (Å²) in [6.45, 7) is 3.28. The Hall–Kier alpha value is -3.23. The van der Waals surface area contributed by atoms with Gasteiger partial charge in [-0.3, -0.25) is 14.5 Å². The standard InChI is InChI=1S/C24H24ClFN4O3/c25-18-14-21(15-4-6-19(26)20(27)12-15)28-22-13-16(3-5-17(18)22)24(33)30-10-8-29(9-11-30)7-1-2-23(31)32/h3-6,12-14H,1-2,7-11,27H2,(H,31,32). The van der Waals surface area contributed by atoms with Crippen molar-refractivity contribution >= 4 is 40.1 Å². The van der Waals surface area contributed by atoms with Crippen LogP contribution in [0, 0.1) is 5.82 Å². The first-order chi connectivity index (χ1) is 15.8. The number of aromatic nitrogens is 1. The lowest BCUT2D eigenvalue weighted by Gasteiger charge is -2.34. The summed E-state index contributed by atoms with van der Waals surface area (Å²) in [4.78, 5) is 32.4. The molecule has 33 heavy (non-hydrogen) atoms. The van der Waals surface area contributed by atoms with E-state index < -0.39 is 11.8 Å². The van der Waals surface area contributed by atoms with Gasteiger partial charge in [0.1, 0.15) is 5.82 Å².